The standard InChI is InChI=1S/C6H5Cl2NO/c7-2-4-1-5(8)3-9-6(4)10/h1,3H,2H2,(H,9,10). The van der Waals surface area contributed by atoms with Crippen molar-refractivity contribution in [2.45, 2.75) is 5.88 Å². The van der Waals surface area contributed by atoms with Crippen LogP contribution in [0.4, 0.5) is 0 Å². The Hall–Kier alpha value is -0.470. The molecular formula is C6H5Cl2NO. The molecule has 0 amide bonds. The summed E-state index contributed by atoms with van der Waals surface area (Å²) in [5.74, 6) is 0.190. The van der Waals surface area contributed by atoms with Gasteiger partial charge in [0.25, 0.3) is 5.56 Å². The molecule has 0 radical (unpaired) electrons. The maximum atomic E-state index is 10.8. The van der Waals surface area contributed by atoms with Gasteiger partial charge in [-0.2, -0.15) is 0 Å². The van der Waals surface area contributed by atoms with Crippen LogP contribution in [0, 0.1) is 0 Å². The van der Waals surface area contributed by atoms with Crippen molar-refractivity contribution in [3.63, 3.8) is 0 Å². The lowest BCUT2D eigenvalue weighted by Gasteiger charge is -1.92. The topological polar surface area (TPSA) is 32.9 Å². The van der Waals surface area contributed by atoms with Gasteiger partial charge in [0.2, 0.25) is 0 Å². The Kier molecular flexibility index (Phi) is 2.35. The lowest BCUT2D eigenvalue weighted by Crippen LogP contribution is -2.09. The summed E-state index contributed by atoms with van der Waals surface area (Å²) < 4.78 is 0. The first-order chi connectivity index (χ1) is 4.74. The number of H-pyrrole nitrogens is 1. The number of pyridine rings is 1. The van der Waals surface area contributed by atoms with Crippen LogP contribution in [0.5, 0.6) is 0 Å². The van der Waals surface area contributed by atoms with Gasteiger partial charge >= 0.3 is 0 Å². The van der Waals surface area contributed by atoms with Crippen molar-refractivity contribution in [1.29, 1.82) is 0 Å². The van der Waals surface area contributed by atoms with Crippen LogP contribution in [0.3, 0.4) is 0 Å². The lowest BCUT2D eigenvalue weighted by molar-refractivity contribution is 1.16. The first kappa shape index (κ1) is 7.63. The maximum absolute atomic E-state index is 10.8. The zero-order chi connectivity index (χ0) is 7.56. The second-order valence-corrected chi connectivity index (χ2v) is 2.51. The van der Waals surface area contributed by atoms with Crippen LogP contribution in [0.15, 0.2) is 17.1 Å². The van der Waals surface area contributed by atoms with Gasteiger partial charge in [-0.25, -0.2) is 0 Å². The molecule has 1 heterocycles. The third kappa shape index (κ3) is 1.52. The van der Waals surface area contributed by atoms with E-state index in [2.05, 4.69) is 4.98 Å². The molecule has 1 rings (SSSR count). The van der Waals surface area contributed by atoms with Crippen LogP contribution in [0.1, 0.15) is 5.56 Å². The van der Waals surface area contributed by atoms with Crippen molar-refractivity contribution < 1.29 is 0 Å². The summed E-state index contributed by atoms with van der Waals surface area (Å²) in [5.41, 5.74) is 0.313. The fourth-order valence-electron chi connectivity index (χ4n) is 0.600. The summed E-state index contributed by atoms with van der Waals surface area (Å²) >= 11 is 11.0. The van der Waals surface area contributed by atoms with E-state index in [4.69, 9.17) is 23.2 Å². The van der Waals surface area contributed by atoms with Crippen molar-refractivity contribution in [3.05, 3.63) is 33.2 Å². The van der Waals surface area contributed by atoms with E-state index in [1.807, 2.05) is 0 Å². The first-order valence-electron chi connectivity index (χ1n) is 2.67. The number of hydrogen-bond acceptors (Lipinski definition) is 1. The largest absolute Gasteiger partial charge is 0.327 e. The molecule has 4 heteroatoms. The van der Waals surface area contributed by atoms with Gasteiger partial charge in [-0.1, -0.05) is 11.6 Å². The monoisotopic (exact) mass is 177 g/mol. The summed E-state index contributed by atoms with van der Waals surface area (Å²) in [4.78, 5) is 13.3. The highest BCUT2D eigenvalue weighted by Gasteiger charge is 1.96. The van der Waals surface area contributed by atoms with Gasteiger partial charge in [0.05, 0.1) is 10.9 Å². The molecule has 0 aliphatic carbocycles. The van der Waals surface area contributed by atoms with Gasteiger partial charge < -0.3 is 4.98 Å². The Morgan fingerprint density at radius 3 is 2.80 bits per heavy atom. The number of rotatable bonds is 1. The third-order valence-electron chi connectivity index (χ3n) is 1.09. The number of alkyl halides is 1. The van der Waals surface area contributed by atoms with Crippen LogP contribution in [0.2, 0.25) is 5.02 Å². The Balaban J connectivity index is 3.22. The predicted molar refractivity (Wildman–Crippen MR) is 41.6 cm³/mol. The van der Waals surface area contributed by atoms with E-state index in [9.17, 15) is 4.79 Å². The Bertz CT molecular complexity index is 281. The SMILES string of the molecule is O=c1[nH]cc(Cl)cc1CCl. The Morgan fingerprint density at radius 1 is 1.60 bits per heavy atom. The molecule has 0 spiro atoms. The first-order valence-corrected chi connectivity index (χ1v) is 3.58. The second-order valence-electron chi connectivity index (χ2n) is 1.81. The van der Waals surface area contributed by atoms with E-state index < -0.39 is 0 Å². The molecule has 0 aliphatic heterocycles. The molecule has 54 valence electrons. The van der Waals surface area contributed by atoms with Gasteiger partial charge in [0.15, 0.2) is 0 Å². The average Bonchev–Trinajstić information content (AvgIpc) is 1.94. The zero-order valence-electron chi connectivity index (χ0n) is 5.03. The molecular weight excluding hydrogens is 173 g/mol. The van der Waals surface area contributed by atoms with Gasteiger partial charge in [0, 0.05) is 11.8 Å². The molecule has 0 aliphatic rings. The highest BCUT2D eigenvalue weighted by Crippen LogP contribution is 2.06. The number of aromatic nitrogens is 1. The number of aromatic amines is 1. The van der Waals surface area contributed by atoms with E-state index in [1.165, 1.54) is 6.20 Å². The van der Waals surface area contributed by atoms with Gasteiger partial charge in [-0.05, 0) is 6.07 Å². The fraction of sp³-hybridized carbons (Fsp3) is 0.167. The molecule has 0 aromatic carbocycles. The van der Waals surface area contributed by atoms with Gasteiger partial charge in [0.1, 0.15) is 0 Å². The van der Waals surface area contributed by atoms with Gasteiger partial charge in [-0.15, -0.1) is 11.6 Å². The summed E-state index contributed by atoms with van der Waals surface area (Å²) in [6.45, 7) is 0. The summed E-state index contributed by atoms with van der Waals surface area (Å²) in [6.07, 6.45) is 1.43. The van der Waals surface area contributed by atoms with E-state index in [0.29, 0.717) is 10.6 Å². The number of hydrogen-bond donors (Lipinski definition) is 1. The van der Waals surface area contributed by atoms with Crippen molar-refractivity contribution >= 4 is 23.2 Å². The quantitative estimate of drug-likeness (QED) is 0.653. The third-order valence-corrected chi connectivity index (χ3v) is 1.60. The van der Waals surface area contributed by atoms with E-state index in [-0.39, 0.29) is 11.4 Å². The second kappa shape index (κ2) is 3.08. The minimum absolute atomic E-state index is 0.181. The van der Waals surface area contributed by atoms with E-state index in [1.54, 1.807) is 6.07 Å². The van der Waals surface area contributed by atoms with E-state index >= 15 is 0 Å². The molecule has 0 bridgehead atoms. The predicted octanol–water partition coefficient (Wildman–Crippen LogP) is 1.77. The van der Waals surface area contributed by atoms with Crippen molar-refractivity contribution in [2.75, 3.05) is 0 Å². The summed E-state index contributed by atoms with van der Waals surface area (Å²) in [7, 11) is 0. The van der Waals surface area contributed by atoms with E-state index in [0.717, 1.165) is 0 Å². The fourth-order valence-corrected chi connectivity index (χ4v) is 0.985. The smallest absolute Gasteiger partial charge is 0.252 e. The molecule has 0 saturated heterocycles. The van der Waals surface area contributed by atoms with Crippen molar-refractivity contribution in [2.24, 2.45) is 0 Å². The number of halogens is 2. The molecule has 1 N–H and O–H groups in total. The summed E-state index contributed by atoms with van der Waals surface area (Å²) in [5, 5.41) is 0.496. The minimum Gasteiger partial charge on any atom is -0.327 e. The molecule has 2 nitrogen and oxygen atoms in total. The molecule has 0 fully saturated rings. The highest BCUT2D eigenvalue weighted by molar-refractivity contribution is 6.30. The van der Waals surface area contributed by atoms with Gasteiger partial charge in [-0.3, -0.25) is 4.79 Å². The molecule has 0 atom stereocenters. The minimum atomic E-state index is -0.181. The molecule has 1 aromatic heterocycles. The Morgan fingerprint density at radius 2 is 2.30 bits per heavy atom. The summed E-state index contributed by atoms with van der Waals surface area (Å²) in [6, 6.07) is 1.55. The molecule has 0 unspecified atom stereocenters. The molecule has 0 saturated carbocycles. The van der Waals surface area contributed by atoms with Crippen LogP contribution in [0.25, 0.3) is 0 Å². The maximum Gasteiger partial charge on any atom is 0.252 e. The number of nitrogens with one attached hydrogen (secondary N) is 1. The van der Waals surface area contributed by atoms with Crippen LogP contribution >= 0.6 is 23.2 Å². The van der Waals surface area contributed by atoms with Crippen LogP contribution < -0.4 is 5.56 Å². The lowest BCUT2D eigenvalue weighted by atomic mass is 10.3. The Labute approximate surface area is 67.8 Å². The molecule has 10 heavy (non-hydrogen) atoms. The van der Waals surface area contributed by atoms with Crippen molar-refractivity contribution in [3.8, 4) is 0 Å². The highest BCUT2D eigenvalue weighted by atomic mass is 35.5. The van der Waals surface area contributed by atoms with Crippen LogP contribution in [-0.4, -0.2) is 4.98 Å². The normalized spacial score (nSPS) is 9.80. The zero-order valence-corrected chi connectivity index (χ0v) is 6.54. The molecule has 1 aromatic rings. The van der Waals surface area contributed by atoms with Crippen molar-refractivity contribution in [1.82, 2.24) is 4.98 Å². The average molecular weight is 178 g/mol. The van der Waals surface area contributed by atoms with Crippen LogP contribution in [-0.2, 0) is 5.88 Å².